The van der Waals surface area contributed by atoms with Crippen molar-refractivity contribution in [1.29, 1.82) is 0 Å². The van der Waals surface area contributed by atoms with Crippen molar-refractivity contribution in [3.8, 4) is 5.75 Å². The number of anilines is 2. The molecule has 0 aliphatic carbocycles. The van der Waals surface area contributed by atoms with Gasteiger partial charge in [-0.05, 0) is 31.2 Å². The zero-order valence-electron chi connectivity index (χ0n) is 10.8. The van der Waals surface area contributed by atoms with Crippen LogP contribution in [0.1, 0.15) is 6.42 Å². The van der Waals surface area contributed by atoms with Gasteiger partial charge in [0.2, 0.25) is 0 Å². The van der Waals surface area contributed by atoms with Crippen LogP contribution in [0, 0.1) is 0 Å². The fourth-order valence-electron chi connectivity index (χ4n) is 2.31. The number of hydrogen-bond donors (Lipinski definition) is 2. The normalized spacial score (nSPS) is 21.1. The minimum Gasteiger partial charge on any atom is -0.482 e. The van der Waals surface area contributed by atoms with Crippen LogP contribution in [0.2, 0.25) is 0 Å². The number of ether oxygens (including phenoxy) is 2. The number of benzene rings is 1. The number of fused-ring (bicyclic) bond motifs is 1. The van der Waals surface area contributed by atoms with Gasteiger partial charge < -0.3 is 20.5 Å². The summed E-state index contributed by atoms with van der Waals surface area (Å²) in [7, 11) is 0. The number of carbonyl (C=O) groups excluding carboxylic acids is 2. The van der Waals surface area contributed by atoms with Crippen LogP contribution in [-0.4, -0.2) is 37.8 Å². The lowest BCUT2D eigenvalue weighted by Gasteiger charge is -2.20. The molecular weight excluding hydrogens is 262 g/mol. The average molecular weight is 277 g/mol. The van der Waals surface area contributed by atoms with E-state index in [0.29, 0.717) is 36.6 Å². The van der Waals surface area contributed by atoms with Gasteiger partial charge in [0.15, 0.2) is 6.61 Å². The first kappa shape index (κ1) is 12.7. The standard InChI is InChI=1S/C13H15N3O4/c14-4-3-9-6-16(13(18)20-9)8-1-2-11-10(5-8)15-12(17)7-19-11/h1-2,5,9H,3-4,6-7,14H2,(H,15,17). The molecule has 1 atom stereocenters. The molecule has 2 amide bonds. The van der Waals surface area contributed by atoms with Gasteiger partial charge in [0.05, 0.1) is 12.2 Å². The van der Waals surface area contributed by atoms with Crippen LogP contribution in [0.4, 0.5) is 16.2 Å². The summed E-state index contributed by atoms with van der Waals surface area (Å²) in [4.78, 5) is 24.7. The van der Waals surface area contributed by atoms with Gasteiger partial charge in [0, 0.05) is 5.69 Å². The predicted octanol–water partition coefficient (Wildman–Crippen LogP) is 0.691. The summed E-state index contributed by atoms with van der Waals surface area (Å²) in [6.45, 7) is 0.945. The van der Waals surface area contributed by atoms with E-state index in [9.17, 15) is 9.59 Å². The van der Waals surface area contributed by atoms with Gasteiger partial charge in [-0.3, -0.25) is 9.69 Å². The van der Waals surface area contributed by atoms with E-state index in [0.717, 1.165) is 0 Å². The quantitative estimate of drug-likeness (QED) is 0.847. The van der Waals surface area contributed by atoms with Gasteiger partial charge in [0.1, 0.15) is 11.9 Å². The SMILES string of the molecule is NCCC1CN(c2ccc3c(c2)NC(=O)CO3)C(=O)O1. The predicted molar refractivity (Wildman–Crippen MR) is 71.9 cm³/mol. The highest BCUT2D eigenvalue weighted by Gasteiger charge is 2.32. The second-order valence-corrected chi connectivity index (χ2v) is 4.71. The Kier molecular flexibility index (Phi) is 3.19. The summed E-state index contributed by atoms with van der Waals surface area (Å²) >= 11 is 0. The molecule has 2 aliphatic heterocycles. The van der Waals surface area contributed by atoms with Gasteiger partial charge in [-0.25, -0.2) is 4.79 Å². The molecule has 0 radical (unpaired) electrons. The summed E-state index contributed by atoms with van der Waals surface area (Å²) in [6, 6.07) is 5.20. The van der Waals surface area contributed by atoms with Crippen molar-refractivity contribution < 1.29 is 19.1 Å². The van der Waals surface area contributed by atoms with Crippen LogP contribution in [0.15, 0.2) is 18.2 Å². The third-order valence-corrected chi connectivity index (χ3v) is 3.27. The van der Waals surface area contributed by atoms with Crippen molar-refractivity contribution in [3.05, 3.63) is 18.2 Å². The van der Waals surface area contributed by atoms with Crippen molar-refractivity contribution in [3.63, 3.8) is 0 Å². The molecular formula is C13H15N3O4. The average Bonchev–Trinajstić information content (AvgIpc) is 2.79. The number of nitrogens with zero attached hydrogens (tertiary/aromatic N) is 1. The molecule has 2 heterocycles. The van der Waals surface area contributed by atoms with E-state index in [1.54, 1.807) is 18.2 Å². The second kappa shape index (κ2) is 5.01. The van der Waals surface area contributed by atoms with E-state index in [2.05, 4.69) is 5.32 Å². The topological polar surface area (TPSA) is 93.9 Å². The molecule has 1 aromatic carbocycles. The molecule has 0 saturated carbocycles. The molecule has 106 valence electrons. The van der Waals surface area contributed by atoms with E-state index in [-0.39, 0.29) is 18.6 Å². The zero-order valence-corrected chi connectivity index (χ0v) is 10.8. The summed E-state index contributed by atoms with van der Waals surface area (Å²) in [5.74, 6) is 0.388. The van der Waals surface area contributed by atoms with Gasteiger partial charge >= 0.3 is 6.09 Å². The highest BCUT2D eigenvalue weighted by atomic mass is 16.6. The van der Waals surface area contributed by atoms with Gasteiger partial charge in [0.25, 0.3) is 5.91 Å². The third kappa shape index (κ3) is 2.27. The number of amides is 2. The molecule has 1 aromatic rings. The Morgan fingerprint density at radius 2 is 2.25 bits per heavy atom. The minimum absolute atomic E-state index is 0.0106. The first-order valence-electron chi connectivity index (χ1n) is 6.42. The monoisotopic (exact) mass is 277 g/mol. The van der Waals surface area contributed by atoms with Crippen molar-refractivity contribution in [1.82, 2.24) is 0 Å². The molecule has 1 saturated heterocycles. The van der Waals surface area contributed by atoms with Crippen LogP contribution >= 0.6 is 0 Å². The highest BCUT2D eigenvalue weighted by molar-refractivity contribution is 5.97. The van der Waals surface area contributed by atoms with E-state index in [1.165, 1.54) is 4.90 Å². The summed E-state index contributed by atoms with van der Waals surface area (Å²) in [6.07, 6.45) is 0.0494. The van der Waals surface area contributed by atoms with Gasteiger partial charge in [-0.15, -0.1) is 0 Å². The molecule has 1 fully saturated rings. The zero-order chi connectivity index (χ0) is 14.1. The number of rotatable bonds is 3. The minimum atomic E-state index is -0.397. The molecule has 20 heavy (non-hydrogen) atoms. The molecule has 7 nitrogen and oxygen atoms in total. The van der Waals surface area contributed by atoms with Gasteiger partial charge in [-0.2, -0.15) is 0 Å². The van der Waals surface area contributed by atoms with Crippen molar-refractivity contribution in [2.45, 2.75) is 12.5 Å². The summed E-state index contributed by atoms with van der Waals surface area (Å²) < 4.78 is 10.5. The molecule has 0 bridgehead atoms. The molecule has 3 N–H and O–H groups in total. The smallest absolute Gasteiger partial charge is 0.414 e. The third-order valence-electron chi connectivity index (χ3n) is 3.27. The van der Waals surface area contributed by atoms with E-state index >= 15 is 0 Å². The largest absolute Gasteiger partial charge is 0.482 e. The molecule has 0 spiro atoms. The van der Waals surface area contributed by atoms with Gasteiger partial charge in [-0.1, -0.05) is 0 Å². The summed E-state index contributed by atoms with van der Waals surface area (Å²) in [5, 5.41) is 2.71. The number of carbonyl (C=O) groups is 2. The first-order valence-corrected chi connectivity index (χ1v) is 6.42. The number of nitrogens with two attached hydrogens (primary N) is 1. The lowest BCUT2D eigenvalue weighted by Crippen LogP contribution is -2.27. The number of nitrogens with one attached hydrogen (secondary N) is 1. The van der Waals surface area contributed by atoms with E-state index in [1.807, 2.05) is 0 Å². The fraction of sp³-hybridized carbons (Fsp3) is 0.385. The van der Waals surface area contributed by atoms with Crippen LogP contribution in [0.5, 0.6) is 5.75 Å². The maximum Gasteiger partial charge on any atom is 0.414 e. The molecule has 0 aromatic heterocycles. The van der Waals surface area contributed by atoms with E-state index < -0.39 is 6.09 Å². The maximum atomic E-state index is 11.8. The lowest BCUT2D eigenvalue weighted by atomic mass is 10.2. The molecule has 7 heteroatoms. The Hall–Kier alpha value is -2.28. The number of hydrogen-bond acceptors (Lipinski definition) is 5. The highest BCUT2D eigenvalue weighted by Crippen LogP contribution is 2.33. The Labute approximate surface area is 115 Å². The first-order chi connectivity index (χ1) is 9.67. The molecule has 3 rings (SSSR count). The van der Waals surface area contributed by atoms with Crippen molar-refractivity contribution in [2.24, 2.45) is 5.73 Å². The van der Waals surface area contributed by atoms with Crippen molar-refractivity contribution in [2.75, 3.05) is 29.9 Å². The maximum absolute atomic E-state index is 11.8. The van der Waals surface area contributed by atoms with E-state index in [4.69, 9.17) is 15.2 Å². The van der Waals surface area contributed by atoms with Crippen LogP contribution in [0.3, 0.4) is 0 Å². The Morgan fingerprint density at radius 3 is 3.05 bits per heavy atom. The van der Waals surface area contributed by atoms with Crippen LogP contribution < -0.4 is 20.7 Å². The molecule has 2 aliphatic rings. The Balaban J connectivity index is 1.82. The Bertz CT molecular complexity index is 561. The summed E-state index contributed by atoms with van der Waals surface area (Å²) in [5.41, 5.74) is 6.70. The second-order valence-electron chi connectivity index (χ2n) is 4.71. The molecule has 1 unspecified atom stereocenters. The fourth-order valence-corrected chi connectivity index (χ4v) is 2.31. The van der Waals surface area contributed by atoms with Crippen molar-refractivity contribution >= 4 is 23.4 Å². The van der Waals surface area contributed by atoms with Crippen LogP contribution in [0.25, 0.3) is 0 Å². The number of cyclic esters (lactones) is 1. The van der Waals surface area contributed by atoms with Crippen LogP contribution in [-0.2, 0) is 9.53 Å². The lowest BCUT2D eigenvalue weighted by molar-refractivity contribution is -0.118. The Morgan fingerprint density at radius 1 is 1.40 bits per heavy atom.